The van der Waals surface area contributed by atoms with Crippen LogP contribution in [0.25, 0.3) is 6.08 Å². The number of para-hydroxylation sites is 1. The lowest BCUT2D eigenvalue weighted by Gasteiger charge is -2.24. The van der Waals surface area contributed by atoms with Crippen molar-refractivity contribution in [2.24, 2.45) is 0 Å². The van der Waals surface area contributed by atoms with Crippen molar-refractivity contribution < 1.29 is 17.9 Å². The molecule has 0 aliphatic heterocycles. The summed E-state index contributed by atoms with van der Waals surface area (Å²) in [6.45, 7) is 6.36. The Morgan fingerprint density at radius 2 is 1.64 bits per heavy atom. The summed E-state index contributed by atoms with van der Waals surface area (Å²) in [6.07, 6.45) is 4.82. The standard InChI is InChI=1S/C27H29NO4S/c1-4-5-20-32-26-17-10-9-13-23(26)18-19-27(29)28(25-16-11-12-21(2)22(25)3)33(30,31)24-14-7-6-8-15-24/h6-19H,4-5,20H2,1-3H3/b19-18+. The van der Waals surface area contributed by atoms with Crippen LogP contribution in [0.1, 0.15) is 36.5 Å². The molecule has 0 radical (unpaired) electrons. The summed E-state index contributed by atoms with van der Waals surface area (Å²) in [5.41, 5.74) is 2.66. The number of rotatable bonds is 9. The Morgan fingerprint density at radius 1 is 0.939 bits per heavy atom. The predicted octanol–water partition coefficient (Wildman–Crippen LogP) is 5.92. The minimum Gasteiger partial charge on any atom is -0.493 e. The van der Waals surface area contributed by atoms with Gasteiger partial charge in [0.25, 0.3) is 15.9 Å². The fourth-order valence-corrected chi connectivity index (χ4v) is 4.79. The molecule has 0 heterocycles. The Kier molecular flexibility index (Phi) is 8.06. The Bertz CT molecular complexity index is 1230. The Morgan fingerprint density at radius 3 is 2.36 bits per heavy atom. The van der Waals surface area contributed by atoms with Gasteiger partial charge in [0.05, 0.1) is 17.2 Å². The first-order chi connectivity index (χ1) is 15.9. The van der Waals surface area contributed by atoms with Crippen molar-refractivity contribution in [3.05, 3.63) is 95.6 Å². The van der Waals surface area contributed by atoms with Crippen molar-refractivity contribution >= 4 is 27.7 Å². The van der Waals surface area contributed by atoms with Crippen LogP contribution in [0.5, 0.6) is 5.75 Å². The summed E-state index contributed by atoms with van der Waals surface area (Å²) < 4.78 is 33.8. The van der Waals surface area contributed by atoms with Crippen LogP contribution in [-0.2, 0) is 14.8 Å². The third-order valence-corrected chi connectivity index (χ3v) is 7.08. The quantitative estimate of drug-likeness (QED) is 0.292. The minimum atomic E-state index is -4.12. The highest BCUT2D eigenvalue weighted by Gasteiger charge is 2.31. The van der Waals surface area contributed by atoms with Crippen LogP contribution in [0.3, 0.4) is 0 Å². The monoisotopic (exact) mass is 463 g/mol. The maximum Gasteiger partial charge on any atom is 0.271 e. The summed E-state index contributed by atoms with van der Waals surface area (Å²) in [6, 6.07) is 20.6. The van der Waals surface area contributed by atoms with Gasteiger partial charge in [0, 0.05) is 11.6 Å². The Hall–Kier alpha value is -3.38. The zero-order valence-corrected chi connectivity index (χ0v) is 20.0. The molecule has 0 atom stereocenters. The number of amides is 1. The van der Waals surface area contributed by atoms with E-state index in [9.17, 15) is 13.2 Å². The summed E-state index contributed by atoms with van der Waals surface area (Å²) in [4.78, 5) is 13.4. The highest BCUT2D eigenvalue weighted by molar-refractivity contribution is 7.93. The van der Waals surface area contributed by atoms with Gasteiger partial charge in [-0.2, -0.15) is 4.31 Å². The molecule has 0 N–H and O–H groups in total. The SMILES string of the molecule is CCCCOc1ccccc1/C=C/C(=O)N(c1cccc(C)c1C)S(=O)(=O)c1ccccc1. The molecule has 172 valence electrons. The number of hydrogen-bond acceptors (Lipinski definition) is 4. The van der Waals surface area contributed by atoms with Crippen LogP contribution in [0.15, 0.2) is 83.8 Å². The second-order valence-electron chi connectivity index (χ2n) is 7.71. The molecule has 0 bridgehead atoms. The lowest BCUT2D eigenvalue weighted by atomic mass is 10.1. The first kappa shape index (κ1) is 24.3. The topological polar surface area (TPSA) is 63.7 Å². The fraction of sp³-hybridized carbons (Fsp3) is 0.222. The van der Waals surface area contributed by atoms with Crippen molar-refractivity contribution in [2.75, 3.05) is 10.9 Å². The molecule has 6 heteroatoms. The summed E-state index contributed by atoms with van der Waals surface area (Å²) in [7, 11) is -4.12. The zero-order chi connectivity index (χ0) is 23.8. The van der Waals surface area contributed by atoms with E-state index in [-0.39, 0.29) is 4.90 Å². The van der Waals surface area contributed by atoms with E-state index < -0.39 is 15.9 Å². The van der Waals surface area contributed by atoms with E-state index in [0.29, 0.717) is 23.6 Å². The number of anilines is 1. The third kappa shape index (κ3) is 5.71. The maximum absolute atomic E-state index is 13.5. The van der Waals surface area contributed by atoms with Gasteiger partial charge in [-0.25, -0.2) is 8.42 Å². The second kappa shape index (κ2) is 11.0. The van der Waals surface area contributed by atoms with Gasteiger partial charge in [0.1, 0.15) is 5.75 Å². The average Bonchev–Trinajstić information content (AvgIpc) is 2.82. The zero-order valence-electron chi connectivity index (χ0n) is 19.2. The van der Waals surface area contributed by atoms with E-state index in [2.05, 4.69) is 6.92 Å². The van der Waals surface area contributed by atoms with Gasteiger partial charge in [0.15, 0.2) is 0 Å². The van der Waals surface area contributed by atoms with Crippen LogP contribution >= 0.6 is 0 Å². The number of benzene rings is 3. The van der Waals surface area contributed by atoms with E-state index in [1.165, 1.54) is 18.2 Å². The van der Waals surface area contributed by atoms with E-state index in [0.717, 1.165) is 28.3 Å². The molecule has 0 aliphatic rings. The molecule has 0 spiro atoms. The van der Waals surface area contributed by atoms with Crippen molar-refractivity contribution in [3.8, 4) is 5.75 Å². The van der Waals surface area contributed by atoms with Gasteiger partial charge < -0.3 is 4.74 Å². The lowest BCUT2D eigenvalue weighted by molar-refractivity contribution is -0.113. The van der Waals surface area contributed by atoms with E-state index >= 15 is 0 Å². The number of carbonyl (C=O) groups excluding carboxylic acids is 1. The number of aryl methyl sites for hydroxylation is 1. The van der Waals surface area contributed by atoms with E-state index in [4.69, 9.17) is 4.74 Å². The number of unbranched alkanes of at least 4 members (excludes halogenated alkanes) is 1. The molecule has 0 aliphatic carbocycles. The van der Waals surface area contributed by atoms with E-state index in [1.54, 1.807) is 36.4 Å². The molecule has 0 unspecified atom stereocenters. The number of nitrogens with zero attached hydrogens (tertiary/aromatic N) is 1. The highest BCUT2D eigenvalue weighted by Crippen LogP contribution is 2.29. The molecule has 1 amide bonds. The number of ether oxygens (including phenoxy) is 1. The highest BCUT2D eigenvalue weighted by atomic mass is 32.2. The van der Waals surface area contributed by atoms with E-state index in [1.807, 2.05) is 44.2 Å². The molecular formula is C27H29NO4S. The number of sulfonamides is 1. The van der Waals surface area contributed by atoms with Crippen LogP contribution in [0.2, 0.25) is 0 Å². The Balaban J connectivity index is 2.02. The maximum atomic E-state index is 13.5. The lowest BCUT2D eigenvalue weighted by Crippen LogP contribution is -2.36. The van der Waals surface area contributed by atoms with Crippen molar-refractivity contribution in [3.63, 3.8) is 0 Å². The molecule has 5 nitrogen and oxygen atoms in total. The van der Waals surface area contributed by atoms with Crippen molar-refractivity contribution in [1.29, 1.82) is 0 Å². The summed E-state index contributed by atoms with van der Waals surface area (Å²) >= 11 is 0. The normalized spacial score (nSPS) is 11.5. The first-order valence-electron chi connectivity index (χ1n) is 11.0. The van der Waals surface area contributed by atoms with Crippen molar-refractivity contribution in [2.45, 2.75) is 38.5 Å². The summed E-state index contributed by atoms with van der Waals surface area (Å²) in [5.74, 6) is -0.00452. The third-order valence-electron chi connectivity index (χ3n) is 5.36. The summed E-state index contributed by atoms with van der Waals surface area (Å²) in [5, 5.41) is 0. The van der Waals surface area contributed by atoms with Gasteiger partial charge in [-0.1, -0.05) is 61.9 Å². The molecule has 3 aromatic carbocycles. The molecule has 33 heavy (non-hydrogen) atoms. The van der Waals surface area contributed by atoms with Crippen LogP contribution < -0.4 is 9.04 Å². The fourth-order valence-electron chi connectivity index (χ4n) is 3.33. The van der Waals surface area contributed by atoms with Crippen LogP contribution in [0, 0.1) is 13.8 Å². The van der Waals surface area contributed by atoms with Crippen LogP contribution in [-0.4, -0.2) is 20.9 Å². The van der Waals surface area contributed by atoms with Gasteiger partial charge >= 0.3 is 0 Å². The number of carbonyl (C=O) groups is 1. The Labute approximate surface area is 196 Å². The van der Waals surface area contributed by atoms with Crippen molar-refractivity contribution in [1.82, 2.24) is 0 Å². The smallest absolute Gasteiger partial charge is 0.271 e. The number of hydrogen-bond donors (Lipinski definition) is 0. The molecule has 0 aromatic heterocycles. The molecule has 0 saturated carbocycles. The molecule has 3 aromatic rings. The van der Waals surface area contributed by atoms with Gasteiger partial charge in [-0.15, -0.1) is 0 Å². The average molecular weight is 464 g/mol. The molecule has 0 saturated heterocycles. The van der Waals surface area contributed by atoms with Gasteiger partial charge in [-0.3, -0.25) is 4.79 Å². The van der Waals surface area contributed by atoms with Crippen LogP contribution in [0.4, 0.5) is 5.69 Å². The minimum absolute atomic E-state index is 0.0518. The molecule has 0 fully saturated rings. The first-order valence-corrected chi connectivity index (χ1v) is 12.4. The second-order valence-corrected chi connectivity index (χ2v) is 9.50. The van der Waals surface area contributed by atoms with Gasteiger partial charge in [0.2, 0.25) is 0 Å². The molecular weight excluding hydrogens is 434 g/mol. The predicted molar refractivity (Wildman–Crippen MR) is 133 cm³/mol. The largest absolute Gasteiger partial charge is 0.493 e. The molecule has 3 rings (SSSR count). The van der Waals surface area contributed by atoms with Gasteiger partial charge in [-0.05, 0) is 61.7 Å².